The SMILES string of the molecule is O=C(NC1CCN(C(=O)Cn2cnc3ccc(Br)cc3c2=O)CC1)c1cccnc1. The molecule has 0 atom stereocenters. The Kier molecular flexibility index (Phi) is 5.89. The molecule has 0 radical (unpaired) electrons. The van der Waals surface area contributed by atoms with E-state index in [-0.39, 0.29) is 30.0 Å². The van der Waals surface area contributed by atoms with Crippen LogP contribution in [0.2, 0.25) is 0 Å². The minimum Gasteiger partial charge on any atom is -0.349 e. The van der Waals surface area contributed by atoms with Crippen molar-refractivity contribution >= 4 is 38.6 Å². The van der Waals surface area contributed by atoms with Gasteiger partial charge in [-0.1, -0.05) is 15.9 Å². The van der Waals surface area contributed by atoms with Gasteiger partial charge in [0, 0.05) is 36.0 Å². The molecule has 0 saturated carbocycles. The molecule has 0 unspecified atom stereocenters. The average Bonchev–Trinajstić information content (AvgIpc) is 2.77. The molecule has 1 N–H and O–H groups in total. The van der Waals surface area contributed by atoms with E-state index in [1.54, 1.807) is 35.4 Å². The van der Waals surface area contributed by atoms with Gasteiger partial charge in [-0.25, -0.2) is 4.98 Å². The number of aromatic nitrogens is 3. The Morgan fingerprint density at radius 1 is 1.20 bits per heavy atom. The minimum atomic E-state index is -0.242. The van der Waals surface area contributed by atoms with Crippen LogP contribution >= 0.6 is 15.9 Å². The molecular weight excluding hydrogens is 450 g/mol. The standard InChI is InChI=1S/C21H20BrN5O3/c22-15-3-4-18-17(10-15)21(30)27(13-24-18)12-19(28)26-8-5-16(6-9-26)25-20(29)14-2-1-7-23-11-14/h1-4,7,10-11,13,16H,5-6,8-9,12H2,(H,25,29). The van der Waals surface area contributed by atoms with Gasteiger partial charge in [0.2, 0.25) is 5.91 Å². The molecule has 154 valence electrons. The molecule has 3 heterocycles. The van der Waals surface area contributed by atoms with Crippen molar-refractivity contribution < 1.29 is 9.59 Å². The van der Waals surface area contributed by atoms with Gasteiger partial charge in [0.25, 0.3) is 11.5 Å². The van der Waals surface area contributed by atoms with Crippen LogP contribution in [-0.2, 0) is 11.3 Å². The summed E-state index contributed by atoms with van der Waals surface area (Å²) in [5.74, 6) is -0.293. The summed E-state index contributed by atoms with van der Waals surface area (Å²) in [5, 5.41) is 3.46. The summed E-state index contributed by atoms with van der Waals surface area (Å²) in [6, 6.07) is 8.73. The van der Waals surface area contributed by atoms with Crippen molar-refractivity contribution in [1.29, 1.82) is 0 Å². The molecular formula is C21H20BrN5O3. The smallest absolute Gasteiger partial charge is 0.261 e. The van der Waals surface area contributed by atoms with Gasteiger partial charge in [0.15, 0.2) is 0 Å². The number of pyridine rings is 1. The van der Waals surface area contributed by atoms with Crippen LogP contribution in [0.15, 0.2) is 58.3 Å². The highest BCUT2D eigenvalue weighted by atomic mass is 79.9. The van der Waals surface area contributed by atoms with E-state index in [0.29, 0.717) is 42.4 Å². The number of nitrogens with zero attached hydrogens (tertiary/aromatic N) is 4. The van der Waals surface area contributed by atoms with Crippen LogP contribution in [0.25, 0.3) is 10.9 Å². The van der Waals surface area contributed by atoms with Gasteiger partial charge in [-0.15, -0.1) is 0 Å². The maximum atomic E-state index is 12.7. The Bertz CT molecular complexity index is 1140. The molecule has 9 heteroatoms. The first-order chi connectivity index (χ1) is 14.5. The highest BCUT2D eigenvalue weighted by Crippen LogP contribution is 2.15. The van der Waals surface area contributed by atoms with E-state index in [4.69, 9.17) is 0 Å². The van der Waals surface area contributed by atoms with E-state index in [9.17, 15) is 14.4 Å². The first kappa shape index (κ1) is 20.2. The molecule has 1 fully saturated rings. The maximum absolute atomic E-state index is 12.7. The van der Waals surface area contributed by atoms with Crippen molar-refractivity contribution in [2.45, 2.75) is 25.4 Å². The summed E-state index contributed by atoms with van der Waals surface area (Å²) in [6.45, 7) is 0.997. The zero-order chi connectivity index (χ0) is 21.1. The summed E-state index contributed by atoms with van der Waals surface area (Å²) >= 11 is 3.36. The highest BCUT2D eigenvalue weighted by Gasteiger charge is 2.24. The Hall–Kier alpha value is -3.07. The van der Waals surface area contributed by atoms with Gasteiger partial charge in [-0.3, -0.25) is 23.9 Å². The van der Waals surface area contributed by atoms with Crippen molar-refractivity contribution in [1.82, 2.24) is 24.8 Å². The molecule has 4 rings (SSSR count). The Morgan fingerprint density at radius 3 is 2.73 bits per heavy atom. The quantitative estimate of drug-likeness (QED) is 0.629. The fourth-order valence-electron chi connectivity index (χ4n) is 3.53. The lowest BCUT2D eigenvalue weighted by Crippen LogP contribution is -2.47. The van der Waals surface area contributed by atoms with Gasteiger partial charge in [-0.2, -0.15) is 0 Å². The third-order valence-corrected chi connectivity index (χ3v) is 5.69. The molecule has 0 bridgehead atoms. The lowest BCUT2D eigenvalue weighted by Gasteiger charge is -2.32. The van der Waals surface area contributed by atoms with Crippen LogP contribution in [0.5, 0.6) is 0 Å². The summed E-state index contributed by atoms with van der Waals surface area (Å²) in [5.41, 5.74) is 0.871. The number of hydrogen-bond donors (Lipinski definition) is 1. The Labute approximate surface area is 181 Å². The molecule has 30 heavy (non-hydrogen) atoms. The van der Waals surface area contributed by atoms with E-state index in [1.165, 1.54) is 17.1 Å². The number of likely N-dealkylation sites (tertiary alicyclic amines) is 1. The van der Waals surface area contributed by atoms with Crippen molar-refractivity contribution in [2.75, 3.05) is 13.1 Å². The van der Waals surface area contributed by atoms with Gasteiger partial charge in [0.05, 0.1) is 22.8 Å². The number of carbonyl (C=O) groups excluding carboxylic acids is 2. The van der Waals surface area contributed by atoms with Crippen molar-refractivity contribution in [3.8, 4) is 0 Å². The summed E-state index contributed by atoms with van der Waals surface area (Å²) in [7, 11) is 0. The van der Waals surface area contributed by atoms with Crippen LogP contribution in [0.1, 0.15) is 23.2 Å². The molecule has 2 aromatic heterocycles. The second kappa shape index (κ2) is 8.74. The largest absolute Gasteiger partial charge is 0.349 e. The zero-order valence-corrected chi connectivity index (χ0v) is 17.7. The second-order valence-electron chi connectivity index (χ2n) is 7.21. The monoisotopic (exact) mass is 469 g/mol. The number of amides is 2. The molecule has 1 aliphatic rings. The third kappa shape index (κ3) is 4.40. The van der Waals surface area contributed by atoms with Crippen molar-refractivity contribution in [3.05, 3.63) is 69.4 Å². The molecule has 8 nitrogen and oxygen atoms in total. The zero-order valence-electron chi connectivity index (χ0n) is 16.1. The molecule has 2 amide bonds. The number of hydrogen-bond acceptors (Lipinski definition) is 5. The number of carbonyl (C=O) groups is 2. The van der Waals surface area contributed by atoms with Crippen LogP contribution in [0.3, 0.4) is 0 Å². The van der Waals surface area contributed by atoms with Crippen LogP contribution in [-0.4, -0.2) is 50.4 Å². The topological polar surface area (TPSA) is 97.2 Å². The third-order valence-electron chi connectivity index (χ3n) is 5.20. The average molecular weight is 470 g/mol. The van der Waals surface area contributed by atoms with Gasteiger partial charge in [0.1, 0.15) is 6.54 Å². The first-order valence-corrected chi connectivity index (χ1v) is 10.4. The number of fused-ring (bicyclic) bond motifs is 1. The Morgan fingerprint density at radius 2 is 2.00 bits per heavy atom. The lowest BCUT2D eigenvalue weighted by molar-refractivity contribution is -0.133. The van der Waals surface area contributed by atoms with Crippen LogP contribution in [0, 0.1) is 0 Å². The van der Waals surface area contributed by atoms with Gasteiger partial charge < -0.3 is 10.2 Å². The van der Waals surface area contributed by atoms with E-state index in [0.717, 1.165) is 4.47 Å². The predicted octanol–water partition coefficient (Wildman–Crippen LogP) is 1.97. The molecule has 1 aromatic carbocycles. The number of nitrogens with one attached hydrogen (secondary N) is 1. The van der Waals surface area contributed by atoms with Crippen LogP contribution < -0.4 is 10.9 Å². The van der Waals surface area contributed by atoms with Crippen LogP contribution in [0.4, 0.5) is 0 Å². The number of halogens is 1. The fraction of sp³-hybridized carbons (Fsp3) is 0.286. The number of benzene rings is 1. The minimum absolute atomic E-state index is 0.00386. The number of piperidine rings is 1. The summed E-state index contributed by atoms with van der Waals surface area (Å²) in [6.07, 6.45) is 5.89. The fourth-order valence-corrected chi connectivity index (χ4v) is 3.89. The molecule has 0 aliphatic carbocycles. The van der Waals surface area contributed by atoms with E-state index < -0.39 is 0 Å². The molecule has 0 spiro atoms. The maximum Gasteiger partial charge on any atom is 0.261 e. The first-order valence-electron chi connectivity index (χ1n) is 9.64. The summed E-state index contributed by atoms with van der Waals surface area (Å²) in [4.78, 5) is 47.6. The lowest BCUT2D eigenvalue weighted by atomic mass is 10.0. The van der Waals surface area contributed by atoms with E-state index in [1.807, 2.05) is 6.07 Å². The molecule has 3 aromatic rings. The van der Waals surface area contributed by atoms with Crippen molar-refractivity contribution in [2.24, 2.45) is 0 Å². The van der Waals surface area contributed by atoms with Gasteiger partial charge in [-0.05, 0) is 43.2 Å². The molecule has 1 saturated heterocycles. The second-order valence-corrected chi connectivity index (χ2v) is 8.12. The van der Waals surface area contributed by atoms with Gasteiger partial charge >= 0.3 is 0 Å². The van der Waals surface area contributed by atoms with Crippen molar-refractivity contribution in [3.63, 3.8) is 0 Å². The Balaban J connectivity index is 1.36. The van der Waals surface area contributed by atoms with E-state index >= 15 is 0 Å². The summed E-state index contributed by atoms with van der Waals surface area (Å²) < 4.78 is 2.13. The number of rotatable bonds is 4. The van der Waals surface area contributed by atoms with E-state index in [2.05, 4.69) is 31.2 Å². The predicted molar refractivity (Wildman–Crippen MR) is 115 cm³/mol. The molecule has 1 aliphatic heterocycles. The highest BCUT2D eigenvalue weighted by molar-refractivity contribution is 9.10. The normalized spacial score (nSPS) is 14.6.